The number of hydrogen-bond acceptors (Lipinski definition) is 7. The second-order valence-corrected chi connectivity index (χ2v) is 4.28. The van der Waals surface area contributed by atoms with Crippen molar-refractivity contribution in [1.29, 1.82) is 0 Å². The van der Waals surface area contributed by atoms with Crippen LogP contribution < -0.4 is 0 Å². The van der Waals surface area contributed by atoms with Gasteiger partial charge in [0.2, 0.25) is 0 Å². The number of benzene rings is 1. The van der Waals surface area contributed by atoms with Crippen molar-refractivity contribution in [2.75, 3.05) is 13.7 Å². The summed E-state index contributed by atoms with van der Waals surface area (Å²) in [5.74, 6) is -0.756. The molecule has 0 spiro atoms. The molecule has 2 N–H and O–H groups in total. The molecule has 0 saturated heterocycles. The Morgan fingerprint density at radius 3 is 2.77 bits per heavy atom. The van der Waals surface area contributed by atoms with Crippen molar-refractivity contribution in [1.82, 2.24) is 0 Å². The third kappa shape index (κ3) is 4.16. The Hall–Kier alpha value is -2.68. The molecule has 22 heavy (non-hydrogen) atoms. The third-order valence-corrected chi connectivity index (χ3v) is 2.92. The summed E-state index contributed by atoms with van der Waals surface area (Å²) in [6, 6.07) is 3.38. The Morgan fingerprint density at radius 1 is 1.55 bits per heavy atom. The summed E-state index contributed by atoms with van der Waals surface area (Å²) >= 11 is 0. The molecule has 0 bridgehead atoms. The highest BCUT2D eigenvalue weighted by atomic mass is 16.6. The summed E-state index contributed by atoms with van der Waals surface area (Å²) in [6.45, 7) is -0.0667. The van der Waals surface area contributed by atoms with Crippen molar-refractivity contribution in [2.24, 2.45) is 5.11 Å². The van der Waals surface area contributed by atoms with Gasteiger partial charge in [-0.05, 0) is 24.1 Å². The van der Waals surface area contributed by atoms with Gasteiger partial charge in [-0.15, -0.1) is 0 Å². The molecule has 0 fully saturated rings. The topological polar surface area (TPSA) is 159 Å². The number of methoxy groups -OCH3 is 1. The van der Waals surface area contributed by atoms with Gasteiger partial charge in [0.15, 0.2) is 0 Å². The van der Waals surface area contributed by atoms with Gasteiger partial charge in [0, 0.05) is 17.5 Å². The number of hydrogen-bond donors (Lipinski definition) is 2. The summed E-state index contributed by atoms with van der Waals surface area (Å²) in [5, 5.41) is 34.1. The van der Waals surface area contributed by atoms with Crippen LogP contribution in [0.1, 0.15) is 28.4 Å². The predicted molar refractivity (Wildman–Crippen MR) is 74.0 cm³/mol. The summed E-state index contributed by atoms with van der Waals surface area (Å²) < 4.78 is 4.46. The van der Waals surface area contributed by atoms with E-state index in [1.165, 1.54) is 12.1 Å². The minimum absolute atomic E-state index is 0.0475. The fourth-order valence-electron chi connectivity index (χ4n) is 1.80. The highest BCUT2D eigenvalue weighted by Gasteiger charge is 2.27. The predicted octanol–water partition coefficient (Wildman–Crippen LogP) is 1.48. The van der Waals surface area contributed by atoms with Crippen LogP contribution in [0.3, 0.4) is 0 Å². The summed E-state index contributed by atoms with van der Waals surface area (Å²) in [5.41, 5.74) is 7.43. The first-order valence-corrected chi connectivity index (χ1v) is 6.16. The minimum Gasteiger partial charge on any atom is -0.465 e. The number of carbonyl (C=O) groups is 1. The third-order valence-electron chi connectivity index (χ3n) is 2.92. The first-order chi connectivity index (χ1) is 10.4. The van der Waals surface area contributed by atoms with Crippen LogP contribution in [0.25, 0.3) is 10.4 Å². The lowest BCUT2D eigenvalue weighted by Crippen LogP contribution is -2.20. The SMILES string of the molecule is COC(=O)c1ccc(C(O)C(O)CCN=[N+]=[N-])c([N+](=O)[O-])c1. The number of azide groups is 1. The zero-order valence-electron chi connectivity index (χ0n) is 11.6. The second kappa shape index (κ2) is 7.93. The molecule has 1 rings (SSSR count). The fraction of sp³-hybridized carbons (Fsp3) is 0.417. The van der Waals surface area contributed by atoms with Crippen molar-refractivity contribution >= 4 is 11.7 Å². The molecular weight excluding hydrogens is 296 g/mol. The standard InChI is InChI=1S/C12H14N4O6/c1-22-12(19)7-2-3-8(9(6-7)16(20)21)11(18)10(17)4-5-14-15-13/h2-3,6,10-11,17-18H,4-5H2,1H3. The summed E-state index contributed by atoms with van der Waals surface area (Å²) in [4.78, 5) is 24.2. The molecule has 0 aliphatic carbocycles. The average Bonchev–Trinajstić information content (AvgIpc) is 2.52. The molecule has 0 radical (unpaired) electrons. The zero-order chi connectivity index (χ0) is 16.7. The van der Waals surface area contributed by atoms with E-state index in [1.807, 2.05) is 0 Å². The molecule has 1 aromatic rings. The molecule has 0 saturated carbocycles. The maximum absolute atomic E-state index is 11.4. The molecule has 10 nitrogen and oxygen atoms in total. The lowest BCUT2D eigenvalue weighted by Gasteiger charge is -2.17. The van der Waals surface area contributed by atoms with E-state index >= 15 is 0 Å². The van der Waals surface area contributed by atoms with E-state index < -0.39 is 28.8 Å². The van der Waals surface area contributed by atoms with Crippen molar-refractivity contribution in [3.05, 3.63) is 49.9 Å². The molecule has 0 aliphatic rings. The number of nitrogens with zero attached hydrogens (tertiary/aromatic N) is 4. The number of nitro benzene ring substituents is 1. The van der Waals surface area contributed by atoms with Crippen LogP contribution in [0.5, 0.6) is 0 Å². The Balaban J connectivity index is 3.09. The van der Waals surface area contributed by atoms with Crippen LogP contribution in [-0.2, 0) is 4.74 Å². The van der Waals surface area contributed by atoms with Gasteiger partial charge in [0.05, 0.1) is 29.3 Å². The van der Waals surface area contributed by atoms with Gasteiger partial charge in [-0.2, -0.15) is 0 Å². The van der Waals surface area contributed by atoms with Crippen LogP contribution in [0.15, 0.2) is 23.3 Å². The van der Waals surface area contributed by atoms with Gasteiger partial charge in [-0.3, -0.25) is 10.1 Å². The number of aliphatic hydroxyl groups is 2. The smallest absolute Gasteiger partial charge is 0.338 e. The molecule has 1 aromatic carbocycles. The lowest BCUT2D eigenvalue weighted by molar-refractivity contribution is -0.386. The van der Waals surface area contributed by atoms with Gasteiger partial charge in [0.25, 0.3) is 5.69 Å². The normalized spacial score (nSPS) is 12.9. The van der Waals surface area contributed by atoms with Gasteiger partial charge < -0.3 is 14.9 Å². The van der Waals surface area contributed by atoms with Crippen LogP contribution in [-0.4, -0.2) is 40.9 Å². The molecule has 118 valence electrons. The monoisotopic (exact) mass is 310 g/mol. The van der Waals surface area contributed by atoms with Gasteiger partial charge >= 0.3 is 5.97 Å². The van der Waals surface area contributed by atoms with E-state index in [1.54, 1.807) is 0 Å². The molecule has 2 atom stereocenters. The van der Waals surface area contributed by atoms with E-state index in [0.717, 1.165) is 13.2 Å². The van der Waals surface area contributed by atoms with Crippen LogP contribution in [0.2, 0.25) is 0 Å². The molecule has 0 amide bonds. The first-order valence-electron chi connectivity index (χ1n) is 6.16. The van der Waals surface area contributed by atoms with E-state index in [4.69, 9.17) is 5.53 Å². The van der Waals surface area contributed by atoms with E-state index in [2.05, 4.69) is 14.8 Å². The zero-order valence-corrected chi connectivity index (χ0v) is 11.6. The minimum atomic E-state index is -1.55. The Kier molecular flexibility index (Phi) is 6.26. The quantitative estimate of drug-likeness (QED) is 0.194. The molecule has 10 heteroatoms. The number of aliphatic hydroxyl groups excluding tert-OH is 2. The van der Waals surface area contributed by atoms with Gasteiger partial charge in [0.1, 0.15) is 6.10 Å². The Bertz CT molecular complexity index is 614. The highest BCUT2D eigenvalue weighted by Crippen LogP contribution is 2.29. The summed E-state index contributed by atoms with van der Waals surface area (Å²) in [7, 11) is 1.14. The molecule has 2 unspecified atom stereocenters. The summed E-state index contributed by atoms with van der Waals surface area (Å²) in [6.07, 6.45) is -2.98. The van der Waals surface area contributed by atoms with Gasteiger partial charge in [-0.25, -0.2) is 4.79 Å². The highest BCUT2D eigenvalue weighted by molar-refractivity contribution is 5.90. The number of nitro groups is 1. The second-order valence-electron chi connectivity index (χ2n) is 4.28. The molecule has 0 heterocycles. The molecular formula is C12H14N4O6. The average molecular weight is 310 g/mol. The lowest BCUT2D eigenvalue weighted by atomic mass is 9.99. The van der Waals surface area contributed by atoms with Crippen molar-refractivity contribution in [3.63, 3.8) is 0 Å². The molecule has 0 aliphatic heterocycles. The van der Waals surface area contributed by atoms with E-state index in [0.29, 0.717) is 0 Å². The largest absolute Gasteiger partial charge is 0.465 e. The first kappa shape index (κ1) is 17.4. The van der Waals surface area contributed by atoms with Crippen molar-refractivity contribution < 1.29 is 24.7 Å². The van der Waals surface area contributed by atoms with Crippen LogP contribution in [0.4, 0.5) is 5.69 Å². The van der Waals surface area contributed by atoms with Crippen LogP contribution >= 0.6 is 0 Å². The van der Waals surface area contributed by atoms with Crippen LogP contribution in [0, 0.1) is 10.1 Å². The van der Waals surface area contributed by atoms with Gasteiger partial charge in [-0.1, -0.05) is 5.11 Å². The maximum Gasteiger partial charge on any atom is 0.338 e. The van der Waals surface area contributed by atoms with E-state index in [9.17, 15) is 25.1 Å². The maximum atomic E-state index is 11.4. The van der Waals surface area contributed by atoms with Crippen molar-refractivity contribution in [2.45, 2.75) is 18.6 Å². The number of rotatable bonds is 7. The fourth-order valence-corrected chi connectivity index (χ4v) is 1.80. The number of esters is 1. The number of ether oxygens (including phenoxy) is 1. The Labute approximate surface area is 124 Å². The van der Waals surface area contributed by atoms with Crippen molar-refractivity contribution in [3.8, 4) is 0 Å². The van der Waals surface area contributed by atoms with E-state index in [-0.39, 0.29) is 24.1 Å². The number of carbonyl (C=O) groups excluding carboxylic acids is 1. The molecule has 0 aromatic heterocycles. The Morgan fingerprint density at radius 2 is 2.23 bits per heavy atom.